The number of benzene rings is 2. The molecule has 0 spiro atoms. The summed E-state index contributed by atoms with van der Waals surface area (Å²) in [4.78, 5) is 29.5. The van der Waals surface area contributed by atoms with E-state index in [0.29, 0.717) is 56.8 Å². The summed E-state index contributed by atoms with van der Waals surface area (Å²) in [6, 6.07) is 14.7. The summed E-state index contributed by atoms with van der Waals surface area (Å²) >= 11 is 0. The molecule has 0 radical (unpaired) electrons. The molecule has 0 N–H and O–H groups in total. The van der Waals surface area contributed by atoms with E-state index in [1.165, 1.54) is 10.7 Å². The maximum Gasteiger partial charge on any atom is 0.291 e. The predicted molar refractivity (Wildman–Crippen MR) is 127 cm³/mol. The van der Waals surface area contributed by atoms with E-state index in [9.17, 15) is 14.0 Å². The van der Waals surface area contributed by atoms with Crippen molar-refractivity contribution in [1.29, 1.82) is 0 Å². The molecule has 1 amide bonds. The van der Waals surface area contributed by atoms with Gasteiger partial charge in [-0.15, -0.1) is 0 Å². The number of hydrogen-bond acceptors (Lipinski definition) is 4. The zero-order valence-corrected chi connectivity index (χ0v) is 18.6. The molecule has 1 aliphatic rings. The molecule has 5 rings (SSSR count). The molecule has 3 heterocycles. The number of rotatable bonds is 5. The zero-order chi connectivity index (χ0) is 22.9. The maximum atomic E-state index is 14.1. The lowest BCUT2D eigenvalue weighted by Crippen LogP contribution is -2.49. The van der Waals surface area contributed by atoms with Gasteiger partial charge in [-0.3, -0.25) is 9.59 Å². The standard InChI is InChI=1S/C25H26FN5O2/c1-28-25(33)24-19(17-27-28)18-7-2-4-9-21(18)31(24)12-6-11-23(32)30-15-13-29(14-16-30)22-10-5-3-8-20(22)26/h2-5,7-10,17H,6,11-16H2,1H3. The first-order chi connectivity index (χ1) is 16.0. The Labute approximate surface area is 190 Å². The van der Waals surface area contributed by atoms with Crippen LogP contribution in [0.4, 0.5) is 10.1 Å². The summed E-state index contributed by atoms with van der Waals surface area (Å²) in [5.41, 5.74) is 2.05. The molecule has 7 nitrogen and oxygen atoms in total. The van der Waals surface area contributed by atoms with Gasteiger partial charge in [0.15, 0.2) is 0 Å². The highest BCUT2D eigenvalue weighted by molar-refractivity contribution is 6.07. The largest absolute Gasteiger partial charge is 0.366 e. The van der Waals surface area contributed by atoms with Crippen LogP contribution in [0.3, 0.4) is 0 Å². The molecule has 0 atom stereocenters. The van der Waals surface area contributed by atoms with Crippen LogP contribution in [-0.4, -0.2) is 51.3 Å². The van der Waals surface area contributed by atoms with Crippen LogP contribution in [0.5, 0.6) is 0 Å². The third kappa shape index (κ3) is 3.86. The summed E-state index contributed by atoms with van der Waals surface area (Å²) in [5, 5.41) is 6.01. The lowest BCUT2D eigenvalue weighted by atomic mass is 10.2. The van der Waals surface area contributed by atoms with E-state index in [1.54, 1.807) is 25.4 Å². The number of anilines is 1. The van der Waals surface area contributed by atoms with Crippen molar-refractivity contribution < 1.29 is 9.18 Å². The van der Waals surface area contributed by atoms with Crippen LogP contribution in [0.2, 0.25) is 0 Å². The van der Waals surface area contributed by atoms with Crippen molar-refractivity contribution in [3.8, 4) is 0 Å². The quantitative estimate of drug-likeness (QED) is 0.472. The van der Waals surface area contributed by atoms with Gasteiger partial charge in [0.05, 0.1) is 11.9 Å². The molecule has 0 unspecified atom stereocenters. The molecule has 1 saturated heterocycles. The molecule has 0 aliphatic carbocycles. The Morgan fingerprint density at radius 1 is 1.00 bits per heavy atom. The van der Waals surface area contributed by atoms with Crippen molar-refractivity contribution in [3.05, 3.63) is 70.9 Å². The van der Waals surface area contributed by atoms with E-state index in [1.807, 2.05) is 44.7 Å². The van der Waals surface area contributed by atoms with E-state index in [-0.39, 0.29) is 17.3 Å². The highest BCUT2D eigenvalue weighted by atomic mass is 19.1. The average molecular weight is 448 g/mol. The SMILES string of the molecule is Cn1ncc2c3ccccc3n(CCCC(=O)N3CCN(c4ccccc4F)CC3)c2c1=O. The molecule has 2 aromatic carbocycles. The Bertz CT molecular complexity index is 1380. The third-order valence-electron chi connectivity index (χ3n) is 6.46. The van der Waals surface area contributed by atoms with Gasteiger partial charge in [-0.1, -0.05) is 30.3 Å². The van der Waals surface area contributed by atoms with Crippen molar-refractivity contribution in [2.24, 2.45) is 7.05 Å². The van der Waals surface area contributed by atoms with Gasteiger partial charge in [0.25, 0.3) is 5.56 Å². The molecular weight excluding hydrogens is 421 g/mol. The maximum absolute atomic E-state index is 14.1. The van der Waals surface area contributed by atoms with Crippen molar-refractivity contribution in [2.75, 3.05) is 31.1 Å². The first kappa shape index (κ1) is 21.2. The van der Waals surface area contributed by atoms with E-state index in [2.05, 4.69) is 5.10 Å². The fraction of sp³-hybridized carbons (Fsp3) is 0.320. The first-order valence-corrected chi connectivity index (χ1v) is 11.2. The molecule has 4 aromatic rings. The fourth-order valence-corrected chi connectivity index (χ4v) is 4.73. The van der Waals surface area contributed by atoms with Crippen LogP contribution in [0.15, 0.2) is 59.5 Å². The van der Waals surface area contributed by atoms with Gasteiger partial charge in [0.1, 0.15) is 11.3 Å². The lowest BCUT2D eigenvalue weighted by Gasteiger charge is -2.36. The molecule has 2 aromatic heterocycles. The van der Waals surface area contributed by atoms with Crippen molar-refractivity contribution in [1.82, 2.24) is 19.2 Å². The molecule has 8 heteroatoms. The Morgan fingerprint density at radius 3 is 2.52 bits per heavy atom. The number of nitrogens with zero attached hydrogens (tertiary/aromatic N) is 5. The summed E-state index contributed by atoms with van der Waals surface area (Å²) < 4.78 is 17.4. The predicted octanol–water partition coefficient (Wildman–Crippen LogP) is 3.16. The highest BCUT2D eigenvalue weighted by Gasteiger charge is 2.22. The zero-order valence-electron chi connectivity index (χ0n) is 18.6. The molecule has 0 saturated carbocycles. The van der Waals surface area contributed by atoms with Crippen LogP contribution >= 0.6 is 0 Å². The van der Waals surface area contributed by atoms with Gasteiger partial charge < -0.3 is 14.4 Å². The van der Waals surface area contributed by atoms with Crippen LogP contribution in [0.1, 0.15) is 12.8 Å². The fourth-order valence-electron chi connectivity index (χ4n) is 4.73. The molecule has 1 fully saturated rings. The monoisotopic (exact) mass is 447 g/mol. The average Bonchev–Trinajstić information content (AvgIpc) is 3.16. The number of piperazine rings is 1. The molecule has 0 bridgehead atoms. The number of hydrogen-bond donors (Lipinski definition) is 0. The first-order valence-electron chi connectivity index (χ1n) is 11.2. The smallest absolute Gasteiger partial charge is 0.291 e. The summed E-state index contributed by atoms with van der Waals surface area (Å²) in [6.45, 7) is 2.96. The van der Waals surface area contributed by atoms with Crippen molar-refractivity contribution in [2.45, 2.75) is 19.4 Å². The second-order valence-corrected chi connectivity index (χ2v) is 8.43. The van der Waals surface area contributed by atoms with Gasteiger partial charge in [-0.25, -0.2) is 9.07 Å². The number of carbonyl (C=O) groups is 1. The minimum Gasteiger partial charge on any atom is -0.366 e. The van der Waals surface area contributed by atoms with Gasteiger partial charge >= 0.3 is 0 Å². The van der Waals surface area contributed by atoms with Gasteiger partial charge in [-0.2, -0.15) is 5.10 Å². The van der Waals surface area contributed by atoms with E-state index < -0.39 is 0 Å². The Balaban J connectivity index is 1.26. The van der Waals surface area contributed by atoms with E-state index >= 15 is 0 Å². The van der Waals surface area contributed by atoms with Gasteiger partial charge in [0.2, 0.25) is 5.91 Å². The molecule has 1 aliphatic heterocycles. The number of halogens is 1. The van der Waals surface area contributed by atoms with Crippen LogP contribution < -0.4 is 10.5 Å². The highest BCUT2D eigenvalue weighted by Crippen LogP contribution is 2.27. The minimum atomic E-state index is -0.232. The topological polar surface area (TPSA) is 63.4 Å². The minimum absolute atomic E-state index is 0.0959. The Kier molecular flexibility index (Phi) is 5.58. The number of fused-ring (bicyclic) bond motifs is 3. The summed E-state index contributed by atoms with van der Waals surface area (Å²) in [5.74, 6) is -0.136. The number of aryl methyl sites for hydroxylation is 2. The van der Waals surface area contributed by atoms with Gasteiger partial charge in [0, 0.05) is 62.5 Å². The normalized spacial score (nSPS) is 14.4. The number of aromatic nitrogens is 3. The number of carbonyl (C=O) groups excluding carboxylic acids is 1. The van der Waals surface area contributed by atoms with Crippen LogP contribution in [0.25, 0.3) is 21.8 Å². The molecular formula is C25H26FN5O2. The Morgan fingerprint density at radius 2 is 1.73 bits per heavy atom. The summed E-state index contributed by atoms with van der Waals surface area (Å²) in [7, 11) is 1.65. The Hall–Kier alpha value is -3.68. The van der Waals surface area contributed by atoms with E-state index in [0.717, 1.165) is 16.3 Å². The third-order valence-corrected chi connectivity index (χ3v) is 6.46. The van der Waals surface area contributed by atoms with Crippen molar-refractivity contribution >= 4 is 33.4 Å². The van der Waals surface area contributed by atoms with E-state index in [4.69, 9.17) is 0 Å². The van der Waals surface area contributed by atoms with Crippen molar-refractivity contribution in [3.63, 3.8) is 0 Å². The summed E-state index contributed by atoms with van der Waals surface area (Å²) in [6.07, 6.45) is 2.76. The van der Waals surface area contributed by atoms with Crippen LogP contribution in [0, 0.1) is 5.82 Å². The molecule has 170 valence electrons. The lowest BCUT2D eigenvalue weighted by molar-refractivity contribution is -0.131. The second-order valence-electron chi connectivity index (χ2n) is 8.43. The molecule has 33 heavy (non-hydrogen) atoms. The number of para-hydroxylation sites is 2. The number of amides is 1. The second kappa shape index (κ2) is 8.69. The van der Waals surface area contributed by atoms with Crippen LogP contribution in [-0.2, 0) is 18.4 Å². The van der Waals surface area contributed by atoms with Gasteiger partial charge in [-0.05, 0) is 24.6 Å².